The Labute approximate surface area is 83.9 Å². The molecule has 1 amide bonds. The molecule has 0 aromatic heterocycles. The highest BCUT2D eigenvalue weighted by atomic mass is 16.2. The Hall–Kier alpha value is -1.38. The zero-order chi connectivity index (χ0) is 10.6. The van der Waals surface area contributed by atoms with Crippen molar-refractivity contribution >= 4 is 12.2 Å². The van der Waals surface area contributed by atoms with Gasteiger partial charge in [0.25, 0.3) is 5.91 Å². The van der Waals surface area contributed by atoms with Gasteiger partial charge in [-0.05, 0) is 24.8 Å². The van der Waals surface area contributed by atoms with Crippen LogP contribution in [0.2, 0.25) is 0 Å². The summed E-state index contributed by atoms with van der Waals surface area (Å²) in [7, 11) is 0. The fourth-order valence-electron chi connectivity index (χ4n) is 1.49. The van der Waals surface area contributed by atoms with E-state index in [4.69, 9.17) is 0 Å². The van der Waals surface area contributed by atoms with Crippen molar-refractivity contribution in [3.63, 3.8) is 0 Å². The average molecular weight is 193 g/mol. The summed E-state index contributed by atoms with van der Waals surface area (Å²) < 4.78 is 0. The van der Waals surface area contributed by atoms with Crippen molar-refractivity contribution in [3.05, 3.63) is 23.8 Å². The van der Waals surface area contributed by atoms with E-state index < -0.39 is 5.91 Å². The van der Waals surface area contributed by atoms with Crippen molar-refractivity contribution < 1.29 is 9.59 Å². The third-order valence-corrected chi connectivity index (χ3v) is 2.26. The molecular weight excluding hydrogens is 178 g/mol. The van der Waals surface area contributed by atoms with Crippen molar-refractivity contribution in [1.82, 2.24) is 5.32 Å². The number of carbonyl (C=O) groups is 2. The van der Waals surface area contributed by atoms with Gasteiger partial charge in [-0.15, -0.1) is 0 Å². The topological polar surface area (TPSA) is 46.2 Å². The second-order valence-electron chi connectivity index (χ2n) is 3.63. The highest BCUT2D eigenvalue weighted by Crippen LogP contribution is 2.18. The van der Waals surface area contributed by atoms with Gasteiger partial charge < -0.3 is 5.32 Å². The molecule has 14 heavy (non-hydrogen) atoms. The Balaban J connectivity index is 2.60. The molecule has 0 aromatic rings. The van der Waals surface area contributed by atoms with Crippen LogP contribution in [0.25, 0.3) is 0 Å². The molecule has 0 saturated heterocycles. The number of aldehydes is 1. The molecule has 0 saturated carbocycles. The number of hydrogen-bond donors (Lipinski definition) is 1. The van der Waals surface area contributed by atoms with E-state index in [9.17, 15) is 9.59 Å². The van der Waals surface area contributed by atoms with E-state index in [1.54, 1.807) is 0 Å². The van der Waals surface area contributed by atoms with Gasteiger partial charge in [-0.1, -0.05) is 25.2 Å². The van der Waals surface area contributed by atoms with Crippen LogP contribution in [0, 0.1) is 5.92 Å². The van der Waals surface area contributed by atoms with Crippen LogP contribution in [-0.4, -0.2) is 18.2 Å². The van der Waals surface area contributed by atoms with Crippen molar-refractivity contribution in [2.45, 2.75) is 26.3 Å². The molecule has 1 aliphatic rings. The van der Waals surface area contributed by atoms with Gasteiger partial charge in [0, 0.05) is 0 Å². The molecule has 0 aliphatic heterocycles. The summed E-state index contributed by atoms with van der Waals surface area (Å²) in [6.45, 7) is 3.99. The molecule has 3 nitrogen and oxygen atoms in total. The van der Waals surface area contributed by atoms with E-state index in [0.29, 0.717) is 12.2 Å². The zero-order valence-electron chi connectivity index (χ0n) is 8.49. The van der Waals surface area contributed by atoms with Crippen LogP contribution in [0.3, 0.4) is 0 Å². The Kier molecular flexibility index (Phi) is 3.63. The largest absolute Gasteiger partial charge is 0.343 e. The standard InChI is InChI=1S/C11H15NO2/c1-8-4-3-5-10(6-8)9(2)12-11(14)7-13/h3,5-9H,4H2,1-2H3,(H,12,14). The van der Waals surface area contributed by atoms with E-state index in [-0.39, 0.29) is 6.04 Å². The molecular formula is C11H15NO2. The van der Waals surface area contributed by atoms with Crippen LogP contribution in [0.15, 0.2) is 23.8 Å². The minimum Gasteiger partial charge on any atom is -0.343 e. The maximum atomic E-state index is 10.8. The lowest BCUT2D eigenvalue weighted by Gasteiger charge is -2.18. The maximum Gasteiger partial charge on any atom is 0.284 e. The summed E-state index contributed by atoms with van der Waals surface area (Å²) in [5.74, 6) is -0.0596. The second-order valence-corrected chi connectivity index (χ2v) is 3.63. The Morgan fingerprint density at radius 3 is 3.00 bits per heavy atom. The van der Waals surface area contributed by atoms with Gasteiger partial charge in [0.05, 0.1) is 6.04 Å². The van der Waals surface area contributed by atoms with Crippen LogP contribution >= 0.6 is 0 Å². The number of allylic oxidation sites excluding steroid dienone is 2. The smallest absolute Gasteiger partial charge is 0.284 e. The highest BCUT2D eigenvalue weighted by molar-refractivity contribution is 6.23. The molecule has 0 heterocycles. The van der Waals surface area contributed by atoms with E-state index in [0.717, 1.165) is 12.0 Å². The summed E-state index contributed by atoms with van der Waals surface area (Å²) in [4.78, 5) is 21.0. The molecule has 0 fully saturated rings. The molecule has 1 N–H and O–H groups in total. The predicted octanol–water partition coefficient (Wildman–Crippen LogP) is 1.21. The highest BCUT2D eigenvalue weighted by Gasteiger charge is 2.12. The van der Waals surface area contributed by atoms with Gasteiger partial charge in [0.2, 0.25) is 6.29 Å². The first-order chi connectivity index (χ1) is 6.63. The SMILES string of the molecule is CC1C=C(C(C)NC(=O)C=O)C=CC1. The van der Waals surface area contributed by atoms with E-state index in [2.05, 4.69) is 24.4 Å². The third kappa shape index (κ3) is 2.83. The predicted molar refractivity (Wildman–Crippen MR) is 54.7 cm³/mol. The minimum absolute atomic E-state index is 0.0910. The van der Waals surface area contributed by atoms with Crippen LogP contribution in [0.1, 0.15) is 20.3 Å². The molecule has 3 heteroatoms. The van der Waals surface area contributed by atoms with Crippen molar-refractivity contribution in [2.75, 3.05) is 0 Å². The lowest BCUT2D eigenvalue weighted by molar-refractivity contribution is -0.131. The maximum absolute atomic E-state index is 10.8. The minimum atomic E-state index is -0.565. The Morgan fingerprint density at radius 1 is 1.71 bits per heavy atom. The lowest BCUT2D eigenvalue weighted by atomic mass is 9.94. The summed E-state index contributed by atoms with van der Waals surface area (Å²) >= 11 is 0. The van der Waals surface area contributed by atoms with Gasteiger partial charge in [0.1, 0.15) is 0 Å². The summed E-state index contributed by atoms with van der Waals surface area (Å²) in [6.07, 6.45) is 7.54. The molecule has 0 bridgehead atoms. The Morgan fingerprint density at radius 2 is 2.43 bits per heavy atom. The van der Waals surface area contributed by atoms with Gasteiger partial charge in [0.15, 0.2) is 0 Å². The number of rotatable bonds is 3. The van der Waals surface area contributed by atoms with Crippen LogP contribution in [-0.2, 0) is 9.59 Å². The molecule has 0 aromatic carbocycles. The molecule has 2 atom stereocenters. The summed E-state index contributed by atoms with van der Waals surface area (Å²) in [5, 5.41) is 2.59. The van der Waals surface area contributed by atoms with E-state index in [1.807, 2.05) is 13.0 Å². The Bertz CT molecular complexity index is 292. The molecule has 76 valence electrons. The van der Waals surface area contributed by atoms with Crippen LogP contribution in [0.4, 0.5) is 0 Å². The van der Waals surface area contributed by atoms with Crippen LogP contribution in [0.5, 0.6) is 0 Å². The first-order valence-electron chi connectivity index (χ1n) is 4.77. The van der Waals surface area contributed by atoms with Gasteiger partial charge in [-0.3, -0.25) is 9.59 Å². The average Bonchev–Trinajstić information content (AvgIpc) is 2.17. The normalized spacial score (nSPS) is 22.4. The van der Waals surface area contributed by atoms with E-state index in [1.165, 1.54) is 0 Å². The van der Waals surface area contributed by atoms with Crippen LogP contribution < -0.4 is 5.32 Å². The molecule has 2 unspecified atom stereocenters. The number of carbonyl (C=O) groups excluding carboxylic acids is 2. The first kappa shape index (κ1) is 10.7. The van der Waals surface area contributed by atoms with Crippen molar-refractivity contribution in [1.29, 1.82) is 0 Å². The number of hydrogen-bond acceptors (Lipinski definition) is 2. The third-order valence-electron chi connectivity index (χ3n) is 2.26. The van der Waals surface area contributed by atoms with Gasteiger partial charge in [-0.2, -0.15) is 0 Å². The van der Waals surface area contributed by atoms with Crippen molar-refractivity contribution in [3.8, 4) is 0 Å². The second kappa shape index (κ2) is 4.74. The molecule has 1 rings (SSSR count). The monoisotopic (exact) mass is 193 g/mol. The zero-order valence-corrected chi connectivity index (χ0v) is 8.49. The lowest BCUT2D eigenvalue weighted by Crippen LogP contribution is -2.34. The summed E-state index contributed by atoms with van der Waals surface area (Å²) in [5.41, 5.74) is 1.07. The van der Waals surface area contributed by atoms with Crippen molar-refractivity contribution in [2.24, 2.45) is 5.92 Å². The molecule has 0 spiro atoms. The fourth-order valence-corrected chi connectivity index (χ4v) is 1.49. The first-order valence-corrected chi connectivity index (χ1v) is 4.77. The van der Waals surface area contributed by atoms with Gasteiger partial charge >= 0.3 is 0 Å². The van der Waals surface area contributed by atoms with E-state index >= 15 is 0 Å². The van der Waals surface area contributed by atoms with Gasteiger partial charge in [-0.25, -0.2) is 0 Å². The quantitative estimate of drug-likeness (QED) is 0.541. The molecule has 1 aliphatic carbocycles. The fraction of sp³-hybridized carbons (Fsp3) is 0.455. The number of amides is 1. The summed E-state index contributed by atoms with van der Waals surface area (Å²) in [6, 6.07) is -0.0910. The molecule has 0 radical (unpaired) electrons. The number of nitrogens with one attached hydrogen (secondary N) is 1.